The summed E-state index contributed by atoms with van der Waals surface area (Å²) >= 11 is 0. The number of Topliss-reactive ketones (excluding diaryl/α,β-unsaturated/α-hetero) is 2. The summed E-state index contributed by atoms with van der Waals surface area (Å²) in [6.07, 6.45) is 1.15. The first kappa shape index (κ1) is 9.43. The van der Waals surface area contributed by atoms with Crippen LogP contribution in [-0.2, 0) is 9.59 Å². The van der Waals surface area contributed by atoms with E-state index in [4.69, 9.17) is 0 Å². The molecule has 2 unspecified atom stereocenters. The Morgan fingerprint density at radius 3 is 2.25 bits per heavy atom. The minimum atomic E-state index is 0.00278. The summed E-state index contributed by atoms with van der Waals surface area (Å²) < 4.78 is 0. The van der Waals surface area contributed by atoms with Crippen LogP contribution < -0.4 is 0 Å². The lowest BCUT2D eigenvalue weighted by Crippen LogP contribution is -2.14. The van der Waals surface area contributed by atoms with Gasteiger partial charge >= 0.3 is 0 Å². The van der Waals surface area contributed by atoms with E-state index in [1.807, 2.05) is 13.8 Å². The van der Waals surface area contributed by atoms with Crippen LogP contribution in [0.5, 0.6) is 0 Å². The molecule has 0 aromatic carbocycles. The highest BCUT2D eigenvalue weighted by molar-refractivity contribution is 6.01. The van der Waals surface area contributed by atoms with Gasteiger partial charge in [0.25, 0.3) is 0 Å². The average Bonchev–Trinajstić information content (AvgIpc) is 2.66. The lowest BCUT2D eigenvalue weighted by atomic mass is 10.0. The van der Waals surface area contributed by atoms with Crippen LogP contribution in [-0.4, -0.2) is 11.6 Å². The fourth-order valence-corrected chi connectivity index (χ4v) is 1.28. The van der Waals surface area contributed by atoms with Crippen LogP contribution in [0.3, 0.4) is 0 Å². The van der Waals surface area contributed by atoms with E-state index in [-0.39, 0.29) is 29.8 Å². The second-order valence-electron chi connectivity index (χ2n) is 4.08. The van der Waals surface area contributed by atoms with E-state index in [2.05, 4.69) is 6.92 Å². The second-order valence-corrected chi connectivity index (χ2v) is 4.08. The SMILES string of the molecule is CC(C)C(=O)CC(=O)C1CC1C. The number of carbonyl (C=O) groups is 2. The lowest BCUT2D eigenvalue weighted by Gasteiger charge is -2.01. The van der Waals surface area contributed by atoms with Gasteiger partial charge in [0.2, 0.25) is 0 Å². The number of hydrogen-bond donors (Lipinski definition) is 0. The molecule has 0 spiro atoms. The topological polar surface area (TPSA) is 34.1 Å². The van der Waals surface area contributed by atoms with Crippen LogP contribution in [0.2, 0.25) is 0 Å². The molecule has 1 aliphatic carbocycles. The predicted octanol–water partition coefficient (Wildman–Crippen LogP) is 1.83. The third kappa shape index (κ3) is 2.16. The van der Waals surface area contributed by atoms with Crippen LogP contribution in [0.15, 0.2) is 0 Å². The van der Waals surface area contributed by atoms with Crippen molar-refractivity contribution in [2.45, 2.75) is 33.6 Å². The maximum atomic E-state index is 11.3. The highest BCUT2D eigenvalue weighted by atomic mass is 16.1. The van der Waals surface area contributed by atoms with Gasteiger partial charge in [-0.25, -0.2) is 0 Å². The fraction of sp³-hybridized carbons (Fsp3) is 0.800. The normalized spacial score (nSPS) is 27.3. The van der Waals surface area contributed by atoms with Gasteiger partial charge in [-0.05, 0) is 12.3 Å². The van der Waals surface area contributed by atoms with Crippen LogP contribution in [0.1, 0.15) is 33.6 Å². The van der Waals surface area contributed by atoms with Crippen molar-refractivity contribution < 1.29 is 9.59 Å². The Labute approximate surface area is 73.3 Å². The Hall–Kier alpha value is -0.660. The minimum Gasteiger partial charge on any atom is -0.299 e. The first-order valence-electron chi connectivity index (χ1n) is 4.57. The Morgan fingerprint density at radius 2 is 1.92 bits per heavy atom. The third-order valence-electron chi connectivity index (χ3n) is 2.52. The monoisotopic (exact) mass is 168 g/mol. The third-order valence-corrected chi connectivity index (χ3v) is 2.52. The molecule has 2 heteroatoms. The zero-order valence-corrected chi connectivity index (χ0v) is 7.96. The molecule has 1 fully saturated rings. The van der Waals surface area contributed by atoms with E-state index >= 15 is 0 Å². The maximum Gasteiger partial charge on any atom is 0.143 e. The molecule has 0 N–H and O–H groups in total. The Kier molecular flexibility index (Phi) is 2.65. The summed E-state index contributed by atoms with van der Waals surface area (Å²) in [5, 5.41) is 0. The first-order chi connectivity index (χ1) is 5.52. The van der Waals surface area contributed by atoms with Gasteiger partial charge in [0.1, 0.15) is 11.6 Å². The minimum absolute atomic E-state index is 0.00278. The van der Waals surface area contributed by atoms with Crippen molar-refractivity contribution in [2.75, 3.05) is 0 Å². The Bertz CT molecular complexity index is 206. The number of carbonyl (C=O) groups excluding carboxylic acids is 2. The molecule has 68 valence electrons. The molecule has 1 rings (SSSR count). The van der Waals surface area contributed by atoms with Crippen molar-refractivity contribution in [1.82, 2.24) is 0 Å². The summed E-state index contributed by atoms with van der Waals surface area (Å²) in [6, 6.07) is 0. The molecule has 0 radical (unpaired) electrons. The van der Waals surface area contributed by atoms with Crippen molar-refractivity contribution in [1.29, 1.82) is 0 Å². The van der Waals surface area contributed by atoms with Gasteiger partial charge < -0.3 is 0 Å². The Balaban J connectivity index is 2.32. The van der Waals surface area contributed by atoms with Crippen molar-refractivity contribution in [2.24, 2.45) is 17.8 Å². The highest BCUT2D eigenvalue weighted by Gasteiger charge is 2.39. The van der Waals surface area contributed by atoms with Crippen LogP contribution in [0.25, 0.3) is 0 Å². The second kappa shape index (κ2) is 3.38. The van der Waals surface area contributed by atoms with Gasteiger partial charge in [-0.2, -0.15) is 0 Å². The molecule has 0 heterocycles. The molecule has 12 heavy (non-hydrogen) atoms. The zero-order chi connectivity index (χ0) is 9.30. The summed E-state index contributed by atoms with van der Waals surface area (Å²) in [7, 11) is 0. The van der Waals surface area contributed by atoms with Crippen LogP contribution >= 0.6 is 0 Å². The van der Waals surface area contributed by atoms with E-state index in [9.17, 15) is 9.59 Å². The van der Waals surface area contributed by atoms with E-state index in [1.54, 1.807) is 0 Å². The highest BCUT2D eigenvalue weighted by Crippen LogP contribution is 2.39. The standard InChI is InChI=1S/C10H16O2/c1-6(2)9(11)5-10(12)8-4-7(8)3/h6-8H,4-5H2,1-3H3. The molecule has 2 atom stereocenters. The van der Waals surface area contributed by atoms with E-state index in [1.165, 1.54) is 0 Å². The number of rotatable bonds is 4. The zero-order valence-electron chi connectivity index (χ0n) is 7.96. The molecular weight excluding hydrogens is 152 g/mol. The van der Waals surface area contributed by atoms with Crippen molar-refractivity contribution in [3.8, 4) is 0 Å². The molecule has 1 saturated carbocycles. The van der Waals surface area contributed by atoms with E-state index < -0.39 is 0 Å². The molecule has 2 nitrogen and oxygen atoms in total. The molecular formula is C10H16O2. The maximum absolute atomic E-state index is 11.3. The van der Waals surface area contributed by atoms with Gasteiger partial charge in [0.05, 0.1) is 6.42 Å². The lowest BCUT2D eigenvalue weighted by molar-refractivity contribution is -0.129. The van der Waals surface area contributed by atoms with Gasteiger partial charge in [0.15, 0.2) is 0 Å². The van der Waals surface area contributed by atoms with Crippen LogP contribution in [0.4, 0.5) is 0 Å². The summed E-state index contributed by atoms with van der Waals surface area (Å²) in [4.78, 5) is 22.5. The van der Waals surface area contributed by atoms with Crippen molar-refractivity contribution >= 4 is 11.6 Å². The summed E-state index contributed by atoms with van der Waals surface area (Å²) in [5.41, 5.74) is 0. The van der Waals surface area contributed by atoms with Gasteiger partial charge in [-0.3, -0.25) is 9.59 Å². The van der Waals surface area contributed by atoms with Gasteiger partial charge in [-0.15, -0.1) is 0 Å². The summed E-state index contributed by atoms with van der Waals surface area (Å²) in [5.74, 6) is 0.966. The van der Waals surface area contributed by atoms with Crippen molar-refractivity contribution in [3.05, 3.63) is 0 Å². The molecule has 0 saturated heterocycles. The largest absolute Gasteiger partial charge is 0.299 e. The average molecular weight is 168 g/mol. The number of ketones is 2. The molecule has 0 aromatic heterocycles. The number of hydrogen-bond acceptors (Lipinski definition) is 2. The first-order valence-corrected chi connectivity index (χ1v) is 4.57. The molecule has 0 aliphatic heterocycles. The Morgan fingerprint density at radius 1 is 1.42 bits per heavy atom. The fourth-order valence-electron chi connectivity index (χ4n) is 1.28. The predicted molar refractivity (Wildman–Crippen MR) is 46.7 cm³/mol. The van der Waals surface area contributed by atoms with Gasteiger partial charge in [-0.1, -0.05) is 20.8 Å². The van der Waals surface area contributed by atoms with E-state index in [0.717, 1.165) is 6.42 Å². The quantitative estimate of drug-likeness (QED) is 0.600. The molecule has 0 aromatic rings. The molecule has 0 amide bonds. The smallest absolute Gasteiger partial charge is 0.143 e. The van der Waals surface area contributed by atoms with Crippen molar-refractivity contribution in [3.63, 3.8) is 0 Å². The van der Waals surface area contributed by atoms with E-state index in [0.29, 0.717) is 5.92 Å². The van der Waals surface area contributed by atoms with Gasteiger partial charge in [0, 0.05) is 11.8 Å². The molecule has 1 aliphatic rings. The molecule has 0 bridgehead atoms. The van der Waals surface area contributed by atoms with Crippen LogP contribution in [0, 0.1) is 17.8 Å². The summed E-state index contributed by atoms with van der Waals surface area (Å²) in [6.45, 7) is 5.74.